The van der Waals surface area contributed by atoms with Crippen molar-refractivity contribution >= 4 is 11.8 Å². The fraction of sp³-hybridized carbons (Fsp3) is 0.500. The summed E-state index contributed by atoms with van der Waals surface area (Å²) >= 11 is 0. The van der Waals surface area contributed by atoms with Gasteiger partial charge in [0.05, 0.1) is 0 Å². The highest BCUT2D eigenvalue weighted by Crippen LogP contribution is 2.12. The standard InChI is InChI=1S/C16H24N2O2/c1-5-17-15(19)13(4)18(16(20)12(2)3)11-14-9-7-6-8-10-14/h6-10,12-13H,5,11H2,1-4H3,(H,17,19). The number of rotatable bonds is 6. The van der Waals surface area contributed by atoms with Crippen LogP contribution in [0.5, 0.6) is 0 Å². The monoisotopic (exact) mass is 276 g/mol. The van der Waals surface area contributed by atoms with Gasteiger partial charge < -0.3 is 10.2 Å². The Hall–Kier alpha value is -1.84. The number of nitrogens with zero attached hydrogens (tertiary/aromatic N) is 1. The van der Waals surface area contributed by atoms with E-state index in [-0.39, 0.29) is 17.7 Å². The maximum atomic E-state index is 12.3. The molecular formula is C16H24N2O2. The molecule has 0 bridgehead atoms. The van der Waals surface area contributed by atoms with E-state index in [0.29, 0.717) is 13.1 Å². The molecule has 1 atom stereocenters. The minimum Gasteiger partial charge on any atom is -0.355 e. The van der Waals surface area contributed by atoms with E-state index < -0.39 is 6.04 Å². The second-order valence-electron chi connectivity index (χ2n) is 5.18. The van der Waals surface area contributed by atoms with E-state index in [0.717, 1.165) is 5.56 Å². The molecule has 0 aliphatic heterocycles. The maximum Gasteiger partial charge on any atom is 0.242 e. The minimum atomic E-state index is -0.468. The van der Waals surface area contributed by atoms with Gasteiger partial charge in [-0.1, -0.05) is 44.2 Å². The summed E-state index contributed by atoms with van der Waals surface area (Å²) in [5, 5.41) is 2.77. The topological polar surface area (TPSA) is 49.4 Å². The highest BCUT2D eigenvalue weighted by atomic mass is 16.2. The molecule has 0 fully saturated rings. The maximum absolute atomic E-state index is 12.3. The molecule has 0 aromatic heterocycles. The molecule has 4 heteroatoms. The number of carbonyl (C=O) groups excluding carboxylic acids is 2. The van der Waals surface area contributed by atoms with E-state index in [1.54, 1.807) is 11.8 Å². The molecule has 1 unspecified atom stereocenters. The molecular weight excluding hydrogens is 252 g/mol. The Labute approximate surface area is 121 Å². The van der Waals surface area contributed by atoms with Crippen LogP contribution in [-0.2, 0) is 16.1 Å². The average Bonchev–Trinajstić information content (AvgIpc) is 2.44. The van der Waals surface area contributed by atoms with Crippen molar-refractivity contribution < 1.29 is 9.59 Å². The van der Waals surface area contributed by atoms with Crippen molar-refractivity contribution in [2.45, 2.75) is 40.3 Å². The second kappa shape index (κ2) is 7.68. The predicted molar refractivity (Wildman–Crippen MR) is 80.0 cm³/mol. The van der Waals surface area contributed by atoms with Crippen molar-refractivity contribution in [1.82, 2.24) is 10.2 Å². The van der Waals surface area contributed by atoms with E-state index in [2.05, 4.69) is 5.32 Å². The zero-order valence-electron chi connectivity index (χ0n) is 12.7. The van der Waals surface area contributed by atoms with Crippen LogP contribution in [0, 0.1) is 5.92 Å². The number of nitrogens with one attached hydrogen (secondary N) is 1. The summed E-state index contributed by atoms with van der Waals surface area (Å²) < 4.78 is 0. The lowest BCUT2D eigenvalue weighted by molar-refractivity contribution is -0.143. The van der Waals surface area contributed by atoms with Crippen molar-refractivity contribution in [3.63, 3.8) is 0 Å². The van der Waals surface area contributed by atoms with E-state index in [4.69, 9.17) is 0 Å². The average molecular weight is 276 g/mol. The molecule has 1 N–H and O–H groups in total. The van der Waals surface area contributed by atoms with Gasteiger partial charge in [-0.3, -0.25) is 9.59 Å². The van der Waals surface area contributed by atoms with Crippen LogP contribution >= 0.6 is 0 Å². The molecule has 110 valence electrons. The minimum absolute atomic E-state index is 0.00685. The fourth-order valence-corrected chi connectivity index (χ4v) is 1.98. The lowest BCUT2D eigenvalue weighted by Crippen LogP contribution is -2.48. The number of amides is 2. The fourth-order valence-electron chi connectivity index (χ4n) is 1.98. The summed E-state index contributed by atoms with van der Waals surface area (Å²) in [7, 11) is 0. The van der Waals surface area contributed by atoms with Gasteiger partial charge in [-0.15, -0.1) is 0 Å². The number of benzene rings is 1. The van der Waals surface area contributed by atoms with E-state index >= 15 is 0 Å². The SMILES string of the molecule is CCNC(=O)C(C)N(Cc1ccccc1)C(=O)C(C)C. The summed E-state index contributed by atoms with van der Waals surface area (Å²) in [5.41, 5.74) is 1.03. The van der Waals surface area contributed by atoms with Crippen LogP contribution in [0.15, 0.2) is 30.3 Å². The molecule has 0 saturated carbocycles. The normalized spacial score (nSPS) is 12.1. The Balaban J connectivity index is 2.91. The molecule has 0 spiro atoms. The zero-order chi connectivity index (χ0) is 15.1. The highest BCUT2D eigenvalue weighted by Gasteiger charge is 2.27. The van der Waals surface area contributed by atoms with Gasteiger partial charge in [0.1, 0.15) is 6.04 Å². The van der Waals surface area contributed by atoms with Crippen LogP contribution in [0.25, 0.3) is 0 Å². The largest absolute Gasteiger partial charge is 0.355 e. The lowest BCUT2D eigenvalue weighted by atomic mass is 10.1. The van der Waals surface area contributed by atoms with Crippen LogP contribution in [0.2, 0.25) is 0 Å². The Bertz CT molecular complexity index is 443. The Morgan fingerprint density at radius 1 is 1.15 bits per heavy atom. The highest BCUT2D eigenvalue weighted by molar-refractivity contribution is 5.88. The molecule has 1 aromatic carbocycles. The summed E-state index contributed by atoms with van der Waals surface area (Å²) in [6.45, 7) is 8.37. The number of carbonyl (C=O) groups is 2. The van der Waals surface area contributed by atoms with Crippen molar-refractivity contribution in [2.24, 2.45) is 5.92 Å². The third kappa shape index (κ3) is 4.37. The summed E-state index contributed by atoms with van der Waals surface area (Å²) in [6, 6.07) is 9.26. The molecule has 1 rings (SSSR count). The van der Waals surface area contributed by atoms with Crippen molar-refractivity contribution in [1.29, 1.82) is 0 Å². The molecule has 0 heterocycles. The van der Waals surface area contributed by atoms with Gasteiger partial charge in [-0.25, -0.2) is 0 Å². The smallest absolute Gasteiger partial charge is 0.242 e. The van der Waals surface area contributed by atoms with Crippen LogP contribution in [0.4, 0.5) is 0 Å². The molecule has 0 saturated heterocycles. The number of hydrogen-bond acceptors (Lipinski definition) is 2. The van der Waals surface area contributed by atoms with Gasteiger partial charge in [0.25, 0.3) is 0 Å². The zero-order valence-corrected chi connectivity index (χ0v) is 12.7. The Morgan fingerprint density at radius 3 is 2.25 bits per heavy atom. The van der Waals surface area contributed by atoms with Gasteiger partial charge in [-0.2, -0.15) is 0 Å². The van der Waals surface area contributed by atoms with Crippen molar-refractivity contribution in [3.8, 4) is 0 Å². The summed E-state index contributed by atoms with van der Waals surface area (Å²) in [6.07, 6.45) is 0. The third-order valence-electron chi connectivity index (χ3n) is 3.17. The van der Waals surface area contributed by atoms with Crippen molar-refractivity contribution in [2.75, 3.05) is 6.54 Å². The summed E-state index contributed by atoms with van der Waals surface area (Å²) in [5.74, 6) is -0.249. The first kappa shape index (κ1) is 16.2. The molecule has 0 radical (unpaired) electrons. The molecule has 20 heavy (non-hydrogen) atoms. The predicted octanol–water partition coefficient (Wildman–Crippen LogP) is 2.20. The number of likely N-dealkylation sites (N-methyl/N-ethyl adjacent to an activating group) is 1. The van der Waals surface area contributed by atoms with Gasteiger partial charge in [-0.05, 0) is 19.4 Å². The molecule has 2 amide bonds. The number of hydrogen-bond donors (Lipinski definition) is 1. The first-order valence-corrected chi connectivity index (χ1v) is 7.09. The van der Waals surface area contributed by atoms with Gasteiger partial charge in [0.15, 0.2) is 0 Å². The van der Waals surface area contributed by atoms with E-state index in [1.807, 2.05) is 51.1 Å². The molecule has 1 aromatic rings. The van der Waals surface area contributed by atoms with Crippen LogP contribution in [0.3, 0.4) is 0 Å². The first-order valence-electron chi connectivity index (χ1n) is 7.09. The molecule has 0 aliphatic carbocycles. The molecule has 4 nitrogen and oxygen atoms in total. The lowest BCUT2D eigenvalue weighted by Gasteiger charge is -2.30. The van der Waals surface area contributed by atoms with Gasteiger partial charge in [0.2, 0.25) is 11.8 Å². The first-order chi connectivity index (χ1) is 9.47. The van der Waals surface area contributed by atoms with Crippen LogP contribution in [-0.4, -0.2) is 29.3 Å². The van der Waals surface area contributed by atoms with Gasteiger partial charge in [0, 0.05) is 19.0 Å². The van der Waals surface area contributed by atoms with E-state index in [9.17, 15) is 9.59 Å². The quantitative estimate of drug-likeness (QED) is 0.866. The van der Waals surface area contributed by atoms with E-state index in [1.165, 1.54) is 0 Å². The molecule has 0 aliphatic rings. The van der Waals surface area contributed by atoms with Crippen LogP contribution in [0.1, 0.15) is 33.3 Å². The van der Waals surface area contributed by atoms with Crippen LogP contribution < -0.4 is 5.32 Å². The third-order valence-corrected chi connectivity index (χ3v) is 3.17. The Morgan fingerprint density at radius 2 is 1.75 bits per heavy atom. The summed E-state index contributed by atoms with van der Waals surface area (Å²) in [4.78, 5) is 26.0. The van der Waals surface area contributed by atoms with Crippen molar-refractivity contribution in [3.05, 3.63) is 35.9 Å². The second-order valence-corrected chi connectivity index (χ2v) is 5.18. The van der Waals surface area contributed by atoms with Gasteiger partial charge >= 0.3 is 0 Å². The Kier molecular flexibility index (Phi) is 6.22.